The van der Waals surface area contributed by atoms with E-state index >= 15 is 0 Å². The van der Waals surface area contributed by atoms with Crippen molar-refractivity contribution in [1.82, 2.24) is 5.32 Å². The molecule has 2 N–H and O–H groups in total. The molecule has 130 valence electrons. The predicted octanol–water partition coefficient (Wildman–Crippen LogP) is 4.36. The van der Waals surface area contributed by atoms with E-state index < -0.39 is 11.7 Å². The largest absolute Gasteiger partial charge is 0.444 e. The van der Waals surface area contributed by atoms with Crippen molar-refractivity contribution < 1.29 is 14.6 Å². The second kappa shape index (κ2) is 7.53. The van der Waals surface area contributed by atoms with Gasteiger partial charge in [0.25, 0.3) is 0 Å². The number of carbonyl (C=O) groups excluding carboxylic acids is 1. The quantitative estimate of drug-likeness (QED) is 0.710. The van der Waals surface area contributed by atoms with Crippen LogP contribution in [-0.4, -0.2) is 30.0 Å². The molecule has 1 aromatic rings. The molecule has 1 heterocycles. The topological polar surface area (TPSA) is 58.6 Å². The minimum Gasteiger partial charge on any atom is -0.444 e. The van der Waals surface area contributed by atoms with Crippen LogP contribution < -0.4 is 5.32 Å². The maximum Gasteiger partial charge on any atom is 0.407 e. The molecular formula is C17H26BrNO3S. The smallest absolute Gasteiger partial charge is 0.407 e. The van der Waals surface area contributed by atoms with Gasteiger partial charge in [-0.25, -0.2) is 4.79 Å². The van der Waals surface area contributed by atoms with Gasteiger partial charge >= 0.3 is 6.09 Å². The van der Waals surface area contributed by atoms with Crippen molar-refractivity contribution in [3.63, 3.8) is 0 Å². The number of amides is 1. The van der Waals surface area contributed by atoms with E-state index in [1.165, 1.54) is 17.7 Å². The zero-order valence-electron chi connectivity index (χ0n) is 14.0. The van der Waals surface area contributed by atoms with Crippen molar-refractivity contribution in [2.75, 3.05) is 13.2 Å². The SMILES string of the molecule is CC(C)(C)OC(=O)NCC(CO)(Cc1sccc1Br)CC1CC1. The maximum absolute atomic E-state index is 12.0. The van der Waals surface area contributed by atoms with Gasteiger partial charge < -0.3 is 15.2 Å². The van der Waals surface area contributed by atoms with Crippen LogP contribution in [0.1, 0.15) is 44.9 Å². The third-order valence-electron chi connectivity index (χ3n) is 3.99. The number of carbonyl (C=O) groups is 1. The maximum atomic E-state index is 12.0. The van der Waals surface area contributed by atoms with Gasteiger partial charge in [-0.2, -0.15) is 0 Å². The monoisotopic (exact) mass is 403 g/mol. The molecule has 6 heteroatoms. The van der Waals surface area contributed by atoms with E-state index in [0.29, 0.717) is 12.5 Å². The molecular weight excluding hydrogens is 378 g/mol. The van der Waals surface area contributed by atoms with E-state index in [9.17, 15) is 9.90 Å². The molecule has 0 bridgehead atoms. The van der Waals surface area contributed by atoms with Crippen LogP contribution in [0.5, 0.6) is 0 Å². The predicted molar refractivity (Wildman–Crippen MR) is 96.8 cm³/mol. The third kappa shape index (κ3) is 6.08. The summed E-state index contributed by atoms with van der Waals surface area (Å²) in [4.78, 5) is 13.2. The van der Waals surface area contributed by atoms with Gasteiger partial charge in [0.1, 0.15) is 5.60 Å². The summed E-state index contributed by atoms with van der Waals surface area (Å²) in [6.45, 7) is 6.03. The Morgan fingerprint density at radius 1 is 1.48 bits per heavy atom. The van der Waals surface area contributed by atoms with Gasteiger partial charge in [0, 0.05) is 21.3 Å². The number of rotatable bonds is 7. The summed E-state index contributed by atoms with van der Waals surface area (Å²) >= 11 is 5.25. The van der Waals surface area contributed by atoms with Crippen molar-refractivity contribution in [1.29, 1.82) is 0 Å². The van der Waals surface area contributed by atoms with Gasteiger partial charge in [0.05, 0.1) is 6.61 Å². The fraction of sp³-hybridized carbons (Fsp3) is 0.706. The molecule has 1 atom stereocenters. The Hall–Kier alpha value is -0.590. The summed E-state index contributed by atoms with van der Waals surface area (Å²) in [7, 11) is 0. The average molecular weight is 404 g/mol. The van der Waals surface area contributed by atoms with Crippen LogP contribution >= 0.6 is 27.3 Å². The molecule has 1 aliphatic rings. The number of hydrogen-bond donors (Lipinski definition) is 2. The molecule has 1 unspecified atom stereocenters. The van der Waals surface area contributed by atoms with E-state index in [0.717, 1.165) is 17.3 Å². The van der Waals surface area contributed by atoms with Crippen LogP contribution in [0.15, 0.2) is 15.9 Å². The Balaban J connectivity index is 2.03. The summed E-state index contributed by atoms with van der Waals surface area (Å²) < 4.78 is 6.40. The van der Waals surface area contributed by atoms with Crippen LogP contribution in [0.4, 0.5) is 4.79 Å². The number of nitrogens with one attached hydrogen (secondary N) is 1. The summed E-state index contributed by atoms with van der Waals surface area (Å²) in [5.41, 5.74) is -0.843. The fourth-order valence-corrected chi connectivity index (χ4v) is 4.35. The lowest BCUT2D eigenvalue weighted by Crippen LogP contribution is -2.43. The van der Waals surface area contributed by atoms with Crippen LogP contribution in [0.3, 0.4) is 0 Å². The zero-order chi connectivity index (χ0) is 17.1. The van der Waals surface area contributed by atoms with Crippen LogP contribution in [0.25, 0.3) is 0 Å². The van der Waals surface area contributed by atoms with Crippen molar-refractivity contribution in [2.24, 2.45) is 11.3 Å². The minimum absolute atomic E-state index is 0.0592. The molecule has 4 nitrogen and oxygen atoms in total. The number of hydrogen-bond acceptors (Lipinski definition) is 4. The molecule has 2 rings (SSSR count). The molecule has 23 heavy (non-hydrogen) atoms. The Bertz CT molecular complexity index is 536. The second-order valence-electron chi connectivity index (χ2n) is 7.53. The van der Waals surface area contributed by atoms with E-state index in [-0.39, 0.29) is 12.0 Å². The molecule has 0 spiro atoms. The Kier molecular flexibility index (Phi) is 6.14. The average Bonchev–Trinajstić information content (AvgIpc) is 3.17. The first kappa shape index (κ1) is 18.7. The van der Waals surface area contributed by atoms with Crippen LogP contribution in [-0.2, 0) is 11.2 Å². The summed E-state index contributed by atoms with van der Waals surface area (Å²) in [5, 5.41) is 15.0. The molecule has 1 aromatic heterocycles. The summed E-state index contributed by atoms with van der Waals surface area (Å²) in [5.74, 6) is 0.668. The molecule has 0 aromatic carbocycles. The Morgan fingerprint density at radius 3 is 2.65 bits per heavy atom. The lowest BCUT2D eigenvalue weighted by atomic mass is 9.79. The molecule has 0 saturated heterocycles. The highest BCUT2D eigenvalue weighted by Gasteiger charge is 2.38. The van der Waals surface area contributed by atoms with Crippen LogP contribution in [0, 0.1) is 11.3 Å². The first-order chi connectivity index (χ1) is 10.7. The van der Waals surface area contributed by atoms with Crippen molar-refractivity contribution in [2.45, 2.75) is 52.1 Å². The van der Waals surface area contributed by atoms with E-state index in [1.807, 2.05) is 32.2 Å². The molecule has 1 amide bonds. The van der Waals surface area contributed by atoms with Crippen LogP contribution in [0.2, 0.25) is 0 Å². The number of alkyl carbamates (subject to hydrolysis) is 1. The summed E-state index contributed by atoms with van der Waals surface area (Å²) in [6.07, 6.45) is 3.72. The third-order valence-corrected chi connectivity index (χ3v) is 5.91. The normalized spacial score (nSPS) is 17.6. The fourth-order valence-electron chi connectivity index (χ4n) is 2.68. The minimum atomic E-state index is -0.515. The van der Waals surface area contributed by atoms with Crippen molar-refractivity contribution in [3.8, 4) is 0 Å². The summed E-state index contributed by atoms with van der Waals surface area (Å²) in [6, 6.07) is 2.03. The standard InChI is InChI=1S/C17H26BrNO3S/c1-16(2,3)22-15(21)19-10-17(11-20,8-12-4-5-12)9-14-13(18)6-7-23-14/h6-7,12,20H,4-5,8-11H2,1-3H3,(H,19,21). The number of aliphatic hydroxyl groups is 1. The molecule has 1 aliphatic carbocycles. The first-order valence-corrected chi connectivity index (χ1v) is 9.70. The Morgan fingerprint density at radius 2 is 2.17 bits per heavy atom. The van der Waals surface area contributed by atoms with Gasteiger partial charge in [-0.1, -0.05) is 12.8 Å². The van der Waals surface area contributed by atoms with Gasteiger partial charge in [0.15, 0.2) is 0 Å². The molecule has 0 aliphatic heterocycles. The van der Waals surface area contributed by atoms with Gasteiger partial charge in [-0.05, 0) is 66.9 Å². The first-order valence-electron chi connectivity index (χ1n) is 8.03. The number of aliphatic hydroxyl groups excluding tert-OH is 1. The van der Waals surface area contributed by atoms with E-state index in [1.54, 1.807) is 11.3 Å². The second-order valence-corrected chi connectivity index (χ2v) is 9.38. The zero-order valence-corrected chi connectivity index (χ0v) is 16.4. The highest BCUT2D eigenvalue weighted by Crippen LogP contribution is 2.43. The molecule has 1 fully saturated rings. The highest BCUT2D eigenvalue weighted by atomic mass is 79.9. The van der Waals surface area contributed by atoms with E-state index in [4.69, 9.17) is 4.74 Å². The Labute approximate surface area is 150 Å². The van der Waals surface area contributed by atoms with Gasteiger partial charge in [-0.15, -0.1) is 11.3 Å². The van der Waals surface area contributed by atoms with Gasteiger partial charge in [-0.3, -0.25) is 0 Å². The highest BCUT2D eigenvalue weighted by molar-refractivity contribution is 9.10. The molecule has 0 radical (unpaired) electrons. The van der Waals surface area contributed by atoms with E-state index in [2.05, 4.69) is 21.2 Å². The van der Waals surface area contributed by atoms with Crippen molar-refractivity contribution >= 4 is 33.4 Å². The lowest BCUT2D eigenvalue weighted by molar-refractivity contribution is 0.0450. The van der Waals surface area contributed by atoms with Gasteiger partial charge in [0.2, 0.25) is 0 Å². The number of halogens is 1. The number of thiophene rings is 1. The number of ether oxygens (including phenoxy) is 1. The lowest BCUT2D eigenvalue weighted by Gasteiger charge is -2.32. The van der Waals surface area contributed by atoms with Crippen molar-refractivity contribution in [3.05, 3.63) is 20.8 Å². The molecule has 1 saturated carbocycles.